The number of nitrogens with one attached hydrogen (secondary N) is 2. The second-order valence-corrected chi connectivity index (χ2v) is 9.75. The highest BCUT2D eigenvalue weighted by atomic mass is 32.2. The van der Waals surface area contributed by atoms with Crippen LogP contribution in [0.3, 0.4) is 0 Å². The molecule has 0 saturated carbocycles. The van der Waals surface area contributed by atoms with Crippen LogP contribution in [-0.2, 0) is 21.2 Å². The third-order valence-electron chi connectivity index (χ3n) is 4.89. The first kappa shape index (κ1) is 20.4. The van der Waals surface area contributed by atoms with Crippen molar-refractivity contribution in [2.45, 2.75) is 24.7 Å². The predicted molar refractivity (Wildman–Crippen MR) is 120 cm³/mol. The van der Waals surface area contributed by atoms with Crippen LogP contribution >= 0.6 is 11.3 Å². The van der Waals surface area contributed by atoms with E-state index >= 15 is 0 Å². The van der Waals surface area contributed by atoms with Crippen molar-refractivity contribution in [1.29, 1.82) is 0 Å². The molecule has 3 aromatic rings. The van der Waals surface area contributed by atoms with Crippen LogP contribution in [0.1, 0.15) is 17.5 Å². The van der Waals surface area contributed by atoms with Crippen LogP contribution in [0.25, 0.3) is 0 Å². The van der Waals surface area contributed by atoms with Gasteiger partial charge in [0.05, 0.1) is 11.4 Å². The molecule has 0 radical (unpaired) electrons. The van der Waals surface area contributed by atoms with Gasteiger partial charge in [0.2, 0.25) is 5.91 Å². The van der Waals surface area contributed by atoms with Crippen molar-refractivity contribution in [1.82, 2.24) is 4.98 Å². The zero-order chi connectivity index (χ0) is 21.1. The molecule has 0 bridgehead atoms. The Labute approximate surface area is 179 Å². The lowest BCUT2D eigenvalue weighted by atomic mass is 10.00. The Morgan fingerprint density at radius 2 is 2.00 bits per heavy atom. The maximum Gasteiger partial charge on any atom is 0.263 e. The van der Waals surface area contributed by atoms with E-state index in [0.29, 0.717) is 10.8 Å². The number of nitrogens with zero attached hydrogens (tertiary/aromatic N) is 2. The van der Waals surface area contributed by atoms with Crippen molar-refractivity contribution >= 4 is 43.8 Å². The van der Waals surface area contributed by atoms with E-state index in [0.717, 1.165) is 25.1 Å². The summed E-state index contributed by atoms with van der Waals surface area (Å²) in [6.45, 7) is 3.14. The summed E-state index contributed by atoms with van der Waals surface area (Å²) in [5.41, 5.74) is 4.10. The SMILES string of the molecule is Cc1ccc2c(c1)N(CC(=O)Nc1ccc(S(=O)(=O)Nc3nccs3)cc1)CCC2. The van der Waals surface area contributed by atoms with E-state index in [9.17, 15) is 13.2 Å². The molecule has 0 saturated heterocycles. The van der Waals surface area contributed by atoms with Crippen LogP contribution in [0, 0.1) is 6.92 Å². The molecule has 0 unspecified atom stereocenters. The van der Waals surface area contributed by atoms with Gasteiger partial charge in [0.1, 0.15) is 0 Å². The first-order valence-electron chi connectivity index (χ1n) is 9.57. The van der Waals surface area contributed by atoms with Gasteiger partial charge in [-0.25, -0.2) is 13.4 Å². The number of hydrogen-bond donors (Lipinski definition) is 2. The standard InChI is InChI=1S/C21H22N4O3S2/c1-15-4-5-16-3-2-11-25(19(16)13-15)14-20(26)23-17-6-8-18(9-7-17)30(27,28)24-21-22-10-12-29-21/h4-10,12-13H,2-3,11,14H2,1H3,(H,22,24)(H,23,26). The Kier molecular flexibility index (Phi) is 5.74. The minimum absolute atomic E-state index is 0.108. The van der Waals surface area contributed by atoms with Crippen LogP contribution < -0.4 is 14.9 Å². The molecular weight excluding hydrogens is 420 g/mol. The summed E-state index contributed by atoms with van der Waals surface area (Å²) in [6.07, 6.45) is 3.57. The maximum absolute atomic E-state index is 12.6. The number of carbonyl (C=O) groups excluding carboxylic acids is 1. The van der Waals surface area contributed by atoms with Gasteiger partial charge in [-0.3, -0.25) is 9.52 Å². The van der Waals surface area contributed by atoms with Crippen molar-refractivity contribution in [2.24, 2.45) is 0 Å². The van der Waals surface area contributed by atoms with Gasteiger partial charge in [-0.1, -0.05) is 12.1 Å². The number of hydrogen-bond acceptors (Lipinski definition) is 6. The van der Waals surface area contributed by atoms with Gasteiger partial charge in [0.15, 0.2) is 5.13 Å². The van der Waals surface area contributed by atoms with Crippen LogP contribution in [0.2, 0.25) is 0 Å². The number of aromatic nitrogens is 1. The molecule has 9 heteroatoms. The van der Waals surface area contributed by atoms with Crippen molar-refractivity contribution < 1.29 is 13.2 Å². The molecule has 0 atom stereocenters. The third kappa shape index (κ3) is 4.63. The first-order chi connectivity index (χ1) is 14.4. The summed E-state index contributed by atoms with van der Waals surface area (Å²) >= 11 is 1.21. The monoisotopic (exact) mass is 442 g/mol. The molecule has 30 heavy (non-hydrogen) atoms. The highest BCUT2D eigenvalue weighted by Gasteiger charge is 2.20. The maximum atomic E-state index is 12.6. The molecule has 1 aromatic heterocycles. The van der Waals surface area contributed by atoms with E-state index in [1.54, 1.807) is 17.5 Å². The Bertz CT molecular complexity index is 1140. The van der Waals surface area contributed by atoms with Crippen molar-refractivity contribution in [3.8, 4) is 0 Å². The molecule has 0 aliphatic carbocycles. The van der Waals surface area contributed by atoms with E-state index in [-0.39, 0.29) is 17.3 Å². The zero-order valence-electron chi connectivity index (χ0n) is 16.5. The fraction of sp³-hybridized carbons (Fsp3) is 0.238. The van der Waals surface area contributed by atoms with Gasteiger partial charge >= 0.3 is 0 Å². The highest BCUT2D eigenvalue weighted by molar-refractivity contribution is 7.93. The summed E-state index contributed by atoms with van der Waals surface area (Å²) < 4.78 is 27.2. The minimum atomic E-state index is -3.71. The van der Waals surface area contributed by atoms with Gasteiger partial charge in [-0.05, 0) is 61.2 Å². The predicted octanol–water partition coefficient (Wildman–Crippen LogP) is 3.64. The minimum Gasteiger partial charge on any atom is -0.362 e. The number of sulfonamides is 1. The molecule has 4 rings (SSSR count). The van der Waals surface area contributed by atoms with Gasteiger partial charge in [-0.2, -0.15) is 0 Å². The lowest BCUT2D eigenvalue weighted by molar-refractivity contribution is -0.115. The number of amides is 1. The molecule has 7 nitrogen and oxygen atoms in total. The van der Waals surface area contributed by atoms with Gasteiger partial charge in [-0.15, -0.1) is 11.3 Å². The molecule has 0 spiro atoms. The second-order valence-electron chi connectivity index (χ2n) is 7.17. The molecule has 0 fully saturated rings. The summed E-state index contributed by atoms with van der Waals surface area (Å²) in [4.78, 5) is 18.7. The lowest BCUT2D eigenvalue weighted by Crippen LogP contribution is -2.36. The first-order valence-corrected chi connectivity index (χ1v) is 11.9. The molecule has 1 aliphatic rings. The van der Waals surface area contributed by atoms with E-state index in [2.05, 4.69) is 38.1 Å². The van der Waals surface area contributed by atoms with Crippen molar-refractivity contribution in [3.05, 3.63) is 65.2 Å². The third-order valence-corrected chi connectivity index (χ3v) is 7.07. The number of anilines is 3. The molecule has 156 valence electrons. The van der Waals surface area contributed by atoms with Crippen molar-refractivity contribution in [2.75, 3.05) is 28.0 Å². The van der Waals surface area contributed by atoms with E-state index in [4.69, 9.17) is 0 Å². The average molecular weight is 443 g/mol. The van der Waals surface area contributed by atoms with Crippen LogP contribution in [-0.4, -0.2) is 32.4 Å². The molecule has 2 N–H and O–H groups in total. The largest absolute Gasteiger partial charge is 0.362 e. The summed E-state index contributed by atoms with van der Waals surface area (Å²) in [7, 11) is -3.71. The summed E-state index contributed by atoms with van der Waals surface area (Å²) in [6, 6.07) is 12.5. The number of aryl methyl sites for hydroxylation is 2. The molecule has 2 heterocycles. The quantitative estimate of drug-likeness (QED) is 0.608. The average Bonchev–Trinajstić information content (AvgIpc) is 3.21. The lowest BCUT2D eigenvalue weighted by Gasteiger charge is -2.31. The van der Waals surface area contributed by atoms with Gasteiger partial charge < -0.3 is 10.2 Å². The van der Waals surface area contributed by atoms with Crippen LogP contribution in [0.15, 0.2) is 58.9 Å². The highest BCUT2D eigenvalue weighted by Crippen LogP contribution is 2.28. The van der Waals surface area contributed by atoms with Crippen LogP contribution in [0.4, 0.5) is 16.5 Å². The molecule has 2 aromatic carbocycles. The van der Waals surface area contributed by atoms with Gasteiger partial charge in [0, 0.05) is 29.5 Å². The number of rotatable bonds is 6. The molecule has 1 amide bonds. The van der Waals surface area contributed by atoms with Crippen LogP contribution in [0.5, 0.6) is 0 Å². The Morgan fingerprint density at radius 3 is 2.73 bits per heavy atom. The number of benzene rings is 2. The second kappa shape index (κ2) is 8.45. The Balaban J connectivity index is 1.41. The fourth-order valence-corrected chi connectivity index (χ4v) is 5.25. The number of fused-ring (bicyclic) bond motifs is 1. The smallest absolute Gasteiger partial charge is 0.263 e. The van der Waals surface area contributed by atoms with E-state index < -0.39 is 10.0 Å². The Morgan fingerprint density at radius 1 is 1.20 bits per heavy atom. The Hall–Kier alpha value is -2.91. The number of carbonyl (C=O) groups is 1. The van der Waals surface area contributed by atoms with Crippen molar-refractivity contribution in [3.63, 3.8) is 0 Å². The molecule has 1 aliphatic heterocycles. The summed E-state index contributed by atoms with van der Waals surface area (Å²) in [5.74, 6) is -0.138. The summed E-state index contributed by atoms with van der Waals surface area (Å²) in [5, 5.41) is 4.86. The van der Waals surface area contributed by atoms with Gasteiger partial charge in [0.25, 0.3) is 10.0 Å². The number of thiazole rings is 1. The molecular formula is C21H22N4O3S2. The zero-order valence-corrected chi connectivity index (χ0v) is 18.1. The van der Waals surface area contributed by atoms with E-state index in [1.807, 2.05) is 6.92 Å². The van der Waals surface area contributed by atoms with E-state index in [1.165, 1.54) is 40.8 Å². The topological polar surface area (TPSA) is 91.4 Å². The fourth-order valence-electron chi connectivity index (χ4n) is 3.46. The normalized spacial score (nSPS) is 13.6.